The summed E-state index contributed by atoms with van der Waals surface area (Å²) in [5.74, 6) is -5.71. The molecule has 1 aromatic rings. The van der Waals surface area contributed by atoms with E-state index >= 15 is 0 Å². The number of aliphatic imine (C=N–C) groups is 1. The highest BCUT2D eigenvalue weighted by Gasteiger charge is 2.48. The largest absolute Gasteiger partial charge is 0.494 e. The summed E-state index contributed by atoms with van der Waals surface area (Å²) in [6, 6.07) is 6.96. The maximum Gasteiger partial charge on any atom is 0.314 e. The molecule has 1 aliphatic carbocycles. The van der Waals surface area contributed by atoms with Crippen molar-refractivity contribution in [2.75, 3.05) is 6.61 Å². The van der Waals surface area contributed by atoms with Gasteiger partial charge in [-0.2, -0.15) is 0 Å². The fraction of sp³-hybridized carbons (Fsp3) is 0.429. The first-order valence-corrected chi connectivity index (χ1v) is 9.27. The van der Waals surface area contributed by atoms with Crippen molar-refractivity contribution in [2.45, 2.75) is 33.1 Å². The minimum absolute atomic E-state index is 0.206. The van der Waals surface area contributed by atoms with Crippen LogP contribution in [0.5, 0.6) is 5.75 Å². The number of aliphatic carboxylic acids is 2. The van der Waals surface area contributed by atoms with Crippen LogP contribution in [0.1, 0.15) is 38.7 Å². The van der Waals surface area contributed by atoms with Crippen LogP contribution < -0.4 is 4.74 Å². The highest BCUT2D eigenvalue weighted by molar-refractivity contribution is 6.13. The maximum atomic E-state index is 13.1. The van der Waals surface area contributed by atoms with Crippen LogP contribution in [-0.4, -0.2) is 40.3 Å². The molecule has 0 saturated carbocycles. The molecule has 28 heavy (non-hydrogen) atoms. The van der Waals surface area contributed by atoms with Crippen LogP contribution in [-0.2, 0) is 14.4 Å². The Hall–Kier alpha value is -2.96. The molecule has 0 radical (unpaired) electrons. The fourth-order valence-electron chi connectivity index (χ4n) is 4.23. The second-order valence-corrected chi connectivity index (χ2v) is 7.27. The monoisotopic (exact) mass is 385 g/mol. The lowest BCUT2D eigenvalue weighted by Crippen LogP contribution is -2.42. The zero-order chi connectivity index (χ0) is 20.6. The molecule has 0 bridgehead atoms. The van der Waals surface area contributed by atoms with E-state index in [9.17, 15) is 24.6 Å². The number of benzene rings is 1. The molecule has 0 spiro atoms. The van der Waals surface area contributed by atoms with Gasteiger partial charge in [0.05, 0.1) is 6.61 Å². The summed E-state index contributed by atoms with van der Waals surface area (Å²) in [7, 11) is 0. The maximum absolute atomic E-state index is 13.1. The van der Waals surface area contributed by atoms with E-state index in [-0.39, 0.29) is 5.57 Å². The lowest BCUT2D eigenvalue weighted by atomic mass is 9.67. The molecule has 2 N–H and O–H groups in total. The molecular weight excluding hydrogens is 362 g/mol. The van der Waals surface area contributed by atoms with Crippen molar-refractivity contribution in [3.63, 3.8) is 0 Å². The summed E-state index contributed by atoms with van der Waals surface area (Å²) in [6.07, 6.45) is 0.323. The molecule has 0 saturated heterocycles. The predicted molar refractivity (Wildman–Crippen MR) is 102 cm³/mol. The van der Waals surface area contributed by atoms with Gasteiger partial charge in [0.15, 0.2) is 5.78 Å². The Bertz CT molecular complexity index is 900. The van der Waals surface area contributed by atoms with Gasteiger partial charge < -0.3 is 14.9 Å². The van der Waals surface area contributed by atoms with E-state index in [2.05, 4.69) is 4.99 Å². The molecule has 0 fully saturated rings. The third-order valence-corrected chi connectivity index (χ3v) is 5.41. The molecule has 0 amide bonds. The van der Waals surface area contributed by atoms with Crippen LogP contribution >= 0.6 is 0 Å². The van der Waals surface area contributed by atoms with Gasteiger partial charge in [0.2, 0.25) is 0 Å². The van der Waals surface area contributed by atoms with Gasteiger partial charge in [-0.1, -0.05) is 19.1 Å². The molecule has 0 aromatic heterocycles. The van der Waals surface area contributed by atoms with E-state index in [4.69, 9.17) is 4.74 Å². The zero-order valence-corrected chi connectivity index (χ0v) is 16.0. The number of hydrogen-bond donors (Lipinski definition) is 2. The van der Waals surface area contributed by atoms with E-state index in [1.807, 2.05) is 6.92 Å². The molecule has 3 rings (SSSR count). The van der Waals surface area contributed by atoms with Crippen LogP contribution in [0.3, 0.4) is 0 Å². The Labute approximate surface area is 162 Å². The van der Waals surface area contributed by atoms with Gasteiger partial charge in [-0.25, -0.2) is 0 Å². The Kier molecular flexibility index (Phi) is 5.36. The molecule has 4 unspecified atom stereocenters. The molecular formula is C21H23NO6. The van der Waals surface area contributed by atoms with Crippen molar-refractivity contribution >= 4 is 23.4 Å². The highest BCUT2D eigenvalue weighted by Crippen LogP contribution is 2.46. The number of allylic oxidation sites excluding steroid dienone is 2. The topological polar surface area (TPSA) is 113 Å². The second kappa shape index (κ2) is 7.58. The van der Waals surface area contributed by atoms with E-state index in [0.29, 0.717) is 35.7 Å². The molecule has 1 aliphatic heterocycles. The number of nitrogens with zero attached hydrogens (tertiary/aromatic N) is 1. The van der Waals surface area contributed by atoms with Gasteiger partial charge in [0.25, 0.3) is 0 Å². The molecule has 148 valence electrons. The van der Waals surface area contributed by atoms with E-state index in [0.717, 1.165) is 0 Å². The number of carboxylic acid groups (broad SMARTS) is 2. The average Bonchev–Trinajstić information content (AvgIpc) is 2.60. The number of carboxylic acids is 2. The quantitative estimate of drug-likeness (QED) is 0.754. The third-order valence-electron chi connectivity index (χ3n) is 5.41. The van der Waals surface area contributed by atoms with E-state index in [1.54, 1.807) is 38.1 Å². The Balaban J connectivity index is 2.20. The Morgan fingerprint density at radius 3 is 2.50 bits per heavy atom. The first-order chi connectivity index (χ1) is 13.3. The van der Waals surface area contributed by atoms with Crippen LogP contribution in [0, 0.1) is 17.8 Å². The molecule has 2 aliphatic rings. The van der Waals surface area contributed by atoms with Gasteiger partial charge in [0.1, 0.15) is 17.6 Å². The first kappa shape index (κ1) is 19.8. The molecule has 7 heteroatoms. The summed E-state index contributed by atoms with van der Waals surface area (Å²) in [4.78, 5) is 41.3. The normalized spacial score (nSPS) is 27.1. The number of ketones is 1. The lowest BCUT2D eigenvalue weighted by Gasteiger charge is -2.37. The SMILES string of the molecule is CCOc1cccc(C2C3=C(CC(C)C(C(=O)O)C3=O)N=C(C)C2C(=O)O)c1. The van der Waals surface area contributed by atoms with Gasteiger partial charge in [-0.3, -0.25) is 19.4 Å². The van der Waals surface area contributed by atoms with Gasteiger partial charge in [0, 0.05) is 22.9 Å². The summed E-state index contributed by atoms with van der Waals surface area (Å²) in [5.41, 5.74) is 1.72. The van der Waals surface area contributed by atoms with Crippen molar-refractivity contribution in [1.82, 2.24) is 0 Å². The number of Topliss-reactive ketones (excluding diaryl/α,β-unsaturated/α-hetero) is 1. The van der Waals surface area contributed by atoms with Crippen LogP contribution in [0.2, 0.25) is 0 Å². The van der Waals surface area contributed by atoms with Crippen LogP contribution in [0.4, 0.5) is 0 Å². The number of hydrogen-bond acceptors (Lipinski definition) is 5. The van der Waals surface area contributed by atoms with Crippen LogP contribution in [0.25, 0.3) is 0 Å². The van der Waals surface area contributed by atoms with Crippen molar-refractivity contribution in [2.24, 2.45) is 22.7 Å². The standard InChI is InChI=1S/C21H23NO6/c1-4-28-13-7-5-6-12(9-13)17-16(21(26)27)11(3)22-14-8-10(2)15(20(24)25)19(23)18(14)17/h5-7,9-10,15-17H,4,8H2,1-3H3,(H,24,25)(H,26,27). The van der Waals surface area contributed by atoms with E-state index < -0.39 is 41.4 Å². The molecule has 7 nitrogen and oxygen atoms in total. The highest BCUT2D eigenvalue weighted by atomic mass is 16.5. The van der Waals surface area contributed by atoms with Crippen molar-refractivity contribution < 1.29 is 29.3 Å². The first-order valence-electron chi connectivity index (χ1n) is 9.27. The molecule has 1 aromatic carbocycles. The molecule has 1 heterocycles. The second-order valence-electron chi connectivity index (χ2n) is 7.27. The summed E-state index contributed by atoms with van der Waals surface area (Å²) in [6.45, 7) is 5.64. The lowest BCUT2D eigenvalue weighted by molar-refractivity contribution is -0.147. The van der Waals surface area contributed by atoms with Crippen molar-refractivity contribution in [1.29, 1.82) is 0 Å². The van der Waals surface area contributed by atoms with Gasteiger partial charge >= 0.3 is 11.9 Å². The smallest absolute Gasteiger partial charge is 0.314 e. The van der Waals surface area contributed by atoms with Crippen molar-refractivity contribution in [3.05, 3.63) is 41.1 Å². The van der Waals surface area contributed by atoms with Crippen LogP contribution in [0.15, 0.2) is 40.5 Å². The summed E-state index contributed by atoms with van der Waals surface area (Å²) in [5, 5.41) is 19.4. The minimum Gasteiger partial charge on any atom is -0.494 e. The predicted octanol–water partition coefficient (Wildman–Crippen LogP) is 2.91. The Morgan fingerprint density at radius 2 is 1.89 bits per heavy atom. The number of rotatable bonds is 5. The van der Waals surface area contributed by atoms with Gasteiger partial charge in [-0.05, 0) is 43.9 Å². The zero-order valence-electron chi connectivity index (χ0n) is 16.0. The summed E-state index contributed by atoms with van der Waals surface area (Å²) < 4.78 is 5.53. The third kappa shape index (κ3) is 3.32. The number of carbonyl (C=O) groups is 3. The number of ether oxygens (including phenoxy) is 1. The number of carbonyl (C=O) groups excluding carboxylic acids is 1. The minimum atomic E-state index is -1.20. The average molecular weight is 385 g/mol. The summed E-state index contributed by atoms with van der Waals surface area (Å²) >= 11 is 0. The molecule has 4 atom stereocenters. The fourth-order valence-corrected chi connectivity index (χ4v) is 4.23. The van der Waals surface area contributed by atoms with Crippen molar-refractivity contribution in [3.8, 4) is 5.75 Å². The Morgan fingerprint density at radius 1 is 1.21 bits per heavy atom. The van der Waals surface area contributed by atoms with Gasteiger partial charge in [-0.15, -0.1) is 0 Å². The van der Waals surface area contributed by atoms with E-state index in [1.165, 1.54) is 0 Å².